The third kappa shape index (κ3) is 4.10. The Morgan fingerprint density at radius 1 is 1.32 bits per heavy atom. The predicted molar refractivity (Wildman–Crippen MR) is 74.1 cm³/mol. The van der Waals surface area contributed by atoms with Crippen molar-refractivity contribution in [3.8, 4) is 5.75 Å². The molecule has 2 rings (SSSR count). The highest BCUT2D eigenvalue weighted by atomic mass is 16.4. The number of hydrogen-bond acceptors (Lipinski definition) is 6. The minimum Gasteiger partial charge on any atom is -0.506 e. The Labute approximate surface area is 112 Å². The van der Waals surface area contributed by atoms with Crippen LogP contribution in [0.2, 0.25) is 0 Å². The standard InChI is InChI=1S/C13H20N4O2/c18-12-4-5-13(16-11(12)10-15-19)14-6-9-17-7-2-1-3-8-17/h4-5,10,18-19H,1-3,6-9H2,(H,14,16)/b15-10+. The molecule has 1 saturated heterocycles. The average molecular weight is 264 g/mol. The van der Waals surface area contributed by atoms with E-state index in [1.807, 2.05) is 0 Å². The number of pyridine rings is 1. The fraction of sp³-hybridized carbons (Fsp3) is 0.538. The topological polar surface area (TPSA) is 81.0 Å². The van der Waals surface area contributed by atoms with E-state index in [1.165, 1.54) is 38.4 Å². The van der Waals surface area contributed by atoms with Gasteiger partial charge in [0.05, 0.1) is 6.21 Å². The molecule has 1 aliphatic heterocycles. The van der Waals surface area contributed by atoms with Gasteiger partial charge in [-0.05, 0) is 38.1 Å². The molecule has 1 aliphatic rings. The van der Waals surface area contributed by atoms with Gasteiger partial charge in [-0.2, -0.15) is 0 Å². The Morgan fingerprint density at radius 2 is 2.11 bits per heavy atom. The molecule has 0 spiro atoms. The number of anilines is 1. The van der Waals surface area contributed by atoms with Crippen molar-refractivity contribution in [2.24, 2.45) is 5.16 Å². The molecule has 1 aromatic rings. The smallest absolute Gasteiger partial charge is 0.143 e. The van der Waals surface area contributed by atoms with Gasteiger partial charge in [-0.3, -0.25) is 0 Å². The van der Waals surface area contributed by atoms with Gasteiger partial charge in [0.2, 0.25) is 0 Å². The lowest BCUT2D eigenvalue weighted by Crippen LogP contribution is -2.33. The predicted octanol–water partition coefficient (Wildman–Crippen LogP) is 1.49. The van der Waals surface area contributed by atoms with Crippen molar-refractivity contribution in [3.63, 3.8) is 0 Å². The largest absolute Gasteiger partial charge is 0.506 e. The van der Waals surface area contributed by atoms with Gasteiger partial charge in [-0.25, -0.2) is 4.98 Å². The second kappa shape index (κ2) is 6.94. The van der Waals surface area contributed by atoms with Gasteiger partial charge in [-0.1, -0.05) is 11.6 Å². The van der Waals surface area contributed by atoms with Gasteiger partial charge in [0.15, 0.2) is 0 Å². The average Bonchev–Trinajstić information content (AvgIpc) is 2.44. The van der Waals surface area contributed by atoms with Crippen LogP contribution in [0.15, 0.2) is 17.3 Å². The third-order valence-corrected chi connectivity index (χ3v) is 3.27. The molecular weight excluding hydrogens is 244 g/mol. The molecule has 0 atom stereocenters. The molecule has 1 aromatic heterocycles. The first-order chi connectivity index (χ1) is 9.29. The van der Waals surface area contributed by atoms with E-state index >= 15 is 0 Å². The summed E-state index contributed by atoms with van der Waals surface area (Å²) in [4.78, 5) is 6.59. The van der Waals surface area contributed by atoms with Crippen LogP contribution in [0.3, 0.4) is 0 Å². The van der Waals surface area contributed by atoms with Crippen molar-refractivity contribution >= 4 is 12.0 Å². The Morgan fingerprint density at radius 3 is 2.84 bits per heavy atom. The molecule has 0 saturated carbocycles. The Bertz CT molecular complexity index is 431. The van der Waals surface area contributed by atoms with E-state index in [9.17, 15) is 5.11 Å². The minimum absolute atomic E-state index is 0.000574. The number of piperidine rings is 1. The van der Waals surface area contributed by atoms with E-state index in [0.717, 1.165) is 19.3 Å². The van der Waals surface area contributed by atoms with Crippen LogP contribution < -0.4 is 5.32 Å². The summed E-state index contributed by atoms with van der Waals surface area (Å²) in [6.07, 6.45) is 5.03. The van der Waals surface area contributed by atoms with Gasteiger partial charge < -0.3 is 20.5 Å². The van der Waals surface area contributed by atoms with Crippen LogP contribution in [0, 0.1) is 0 Å². The minimum atomic E-state index is -0.000574. The van der Waals surface area contributed by atoms with Crippen molar-refractivity contribution in [2.75, 3.05) is 31.5 Å². The normalized spacial score (nSPS) is 16.8. The lowest BCUT2D eigenvalue weighted by atomic mass is 10.1. The zero-order valence-electron chi connectivity index (χ0n) is 10.9. The van der Waals surface area contributed by atoms with Gasteiger partial charge in [-0.15, -0.1) is 0 Å². The Kier molecular flexibility index (Phi) is 4.97. The molecule has 0 aliphatic carbocycles. The van der Waals surface area contributed by atoms with E-state index in [0.29, 0.717) is 5.82 Å². The number of aromatic nitrogens is 1. The molecule has 6 nitrogen and oxygen atoms in total. The molecule has 3 N–H and O–H groups in total. The molecule has 0 bridgehead atoms. The van der Waals surface area contributed by atoms with Gasteiger partial charge >= 0.3 is 0 Å². The van der Waals surface area contributed by atoms with Crippen molar-refractivity contribution in [1.82, 2.24) is 9.88 Å². The summed E-state index contributed by atoms with van der Waals surface area (Å²) in [5, 5.41) is 24.1. The lowest BCUT2D eigenvalue weighted by molar-refractivity contribution is 0.237. The first-order valence-corrected chi connectivity index (χ1v) is 6.63. The summed E-state index contributed by atoms with van der Waals surface area (Å²) in [5.41, 5.74) is 0.255. The number of nitrogens with one attached hydrogen (secondary N) is 1. The van der Waals surface area contributed by atoms with Crippen LogP contribution >= 0.6 is 0 Å². The Hall–Kier alpha value is -1.82. The number of nitrogens with zero attached hydrogens (tertiary/aromatic N) is 3. The van der Waals surface area contributed by atoms with E-state index in [-0.39, 0.29) is 11.4 Å². The molecule has 0 aromatic carbocycles. The van der Waals surface area contributed by atoms with E-state index in [4.69, 9.17) is 5.21 Å². The molecule has 2 heterocycles. The maximum atomic E-state index is 9.49. The van der Waals surface area contributed by atoms with Crippen LogP contribution in [0.5, 0.6) is 5.75 Å². The third-order valence-electron chi connectivity index (χ3n) is 3.27. The second-order valence-electron chi connectivity index (χ2n) is 4.67. The SMILES string of the molecule is O/N=C/c1nc(NCCN2CCCCC2)ccc1O. The van der Waals surface area contributed by atoms with Crippen LogP contribution in [0.4, 0.5) is 5.82 Å². The Balaban J connectivity index is 1.83. The van der Waals surface area contributed by atoms with Crippen LogP contribution in [0.1, 0.15) is 25.0 Å². The monoisotopic (exact) mass is 264 g/mol. The zero-order chi connectivity index (χ0) is 13.5. The number of oxime groups is 1. The summed E-state index contributed by atoms with van der Waals surface area (Å²) in [5.74, 6) is 0.670. The number of aromatic hydroxyl groups is 1. The summed E-state index contributed by atoms with van der Waals surface area (Å²) in [7, 11) is 0. The zero-order valence-corrected chi connectivity index (χ0v) is 10.9. The second-order valence-corrected chi connectivity index (χ2v) is 4.67. The fourth-order valence-electron chi connectivity index (χ4n) is 2.24. The number of rotatable bonds is 5. The van der Waals surface area contributed by atoms with Crippen molar-refractivity contribution in [3.05, 3.63) is 17.8 Å². The highest BCUT2D eigenvalue weighted by molar-refractivity contribution is 5.80. The highest BCUT2D eigenvalue weighted by Crippen LogP contribution is 2.15. The van der Waals surface area contributed by atoms with Crippen LogP contribution in [-0.2, 0) is 0 Å². The van der Waals surface area contributed by atoms with E-state index < -0.39 is 0 Å². The molecule has 1 fully saturated rings. The highest BCUT2D eigenvalue weighted by Gasteiger charge is 2.09. The summed E-state index contributed by atoms with van der Waals surface area (Å²) in [6.45, 7) is 4.15. The van der Waals surface area contributed by atoms with Gasteiger partial charge in [0.1, 0.15) is 17.3 Å². The molecular formula is C13H20N4O2. The number of hydrogen-bond donors (Lipinski definition) is 3. The maximum Gasteiger partial charge on any atom is 0.143 e. The van der Waals surface area contributed by atoms with E-state index in [2.05, 4.69) is 20.4 Å². The summed E-state index contributed by atoms with van der Waals surface area (Å²) >= 11 is 0. The first-order valence-electron chi connectivity index (χ1n) is 6.63. The quantitative estimate of drug-likeness (QED) is 0.426. The summed E-state index contributed by atoms with van der Waals surface area (Å²) < 4.78 is 0. The fourth-order valence-corrected chi connectivity index (χ4v) is 2.24. The van der Waals surface area contributed by atoms with Crippen molar-refractivity contribution in [2.45, 2.75) is 19.3 Å². The summed E-state index contributed by atoms with van der Waals surface area (Å²) in [6, 6.07) is 3.24. The van der Waals surface area contributed by atoms with Gasteiger partial charge in [0, 0.05) is 13.1 Å². The maximum absolute atomic E-state index is 9.49. The van der Waals surface area contributed by atoms with Crippen LogP contribution in [0.25, 0.3) is 0 Å². The molecule has 0 amide bonds. The first kappa shape index (κ1) is 13.6. The molecule has 6 heteroatoms. The van der Waals surface area contributed by atoms with Crippen LogP contribution in [-0.4, -0.2) is 52.6 Å². The molecule has 19 heavy (non-hydrogen) atoms. The molecule has 0 radical (unpaired) electrons. The van der Waals surface area contributed by atoms with Crippen molar-refractivity contribution < 1.29 is 10.3 Å². The van der Waals surface area contributed by atoms with Crippen molar-refractivity contribution in [1.29, 1.82) is 0 Å². The molecule has 0 unspecified atom stereocenters. The number of likely N-dealkylation sites (tertiary alicyclic amines) is 1. The lowest BCUT2D eigenvalue weighted by Gasteiger charge is -2.26. The van der Waals surface area contributed by atoms with E-state index in [1.54, 1.807) is 6.07 Å². The molecule has 104 valence electrons. The van der Waals surface area contributed by atoms with Gasteiger partial charge in [0.25, 0.3) is 0 Å².